The highest BCUT2D eigenvalue weighted by atomic mass is 32.2. The van der Waals surface area contributed by atoms with Crippen molar-refractivity contribution in [2.24, 2.45) is 5.73 Å². The second-order valence-electron chi connectivity index (χ2n) is 7.47. The number of fused-ring (bicyclic) bond motifs is 1. The Hall–Kier alpha value is -2.07. The largest absolute Gasteiger partial charge is 0.593 e. The fourth-order valence-corrected chi connectivity index (χ4v) is 4.86. The number of nitrogens with two attached hydrogens (primary N) is 1. The first-order chi connectivity index (χ1) is 13.8. The number of piperidine rings is 1. The molecule has 1 atom stereocenters. The second kappa shape index (κ2) is 9.17. The molecule has 1 aliphatic heterocycles. The molecule has 8 nitrogen and oxygen atoms in total. The number of benzene rings is 1. The van der Waals surface area contributed by atoms with Crippen LogP contribution in [0.5, 0.6) is 0 Å². The first-order valence-corrected chi connectivity index (χ1v) is 10.8. The molecule has 0 bridgehead atoms. The molecule has 1 aromatic heterocycles. The first kappa shape index (κ1) is 21.6. The van der Waals surface area contributed by atoms with Crippen molar-refractivity contribution in [1.29, 1.82) is 0 Å². The van der Waals surface area contributed by atoms with Crippen molar-refractivity contribution in [1.82, 2.24) is 8.87 Å². The van der Waals surface area contributed by atoms with Gasteiger partial charge in [0.25, 0.3) is 5.56 Å². The van der Waals surface area contributed by atoms with Gasteiger partial charge in [-0.3, -0.25) is 9.36 Å². The summed E-state index contributed by atoms with van der Waals surface area (Å²) in [4.78, 5) is 25.1. The maximum absolute atomic E-state index is 13.2. The van der Waals surface area contributed by atoms with Crippen molar-refractivity contribution in [2.45, 2.75) is 57.4 Å². The third-order valence-corrected chi connectivity index (χ3v) is 6.39. The van der Waals surface area contributed by atoms with Gasteiger partial charge in [0.15, 0.2) is 11.6 Å². The van der Waals surface area contributed by atoms with E-state index in [4.69, 9.17) is 15.2 Å². The van der Waals surface area contributed by atoms with Gasteiger partial charge in [-0.1, -0.05) is 6.07 Å². The van der Waals surface area contributed by atoms with Gasteiger partial charge in [0, 0.05) is 30.7 Å². The van der Waals surface area contributed by atoms with Crippen LogP contribution >= 0.6 is 0 Å². The molecule has 2 aromatic rings. The molecule has 29 heavy (non-hydrogen) atoms. The van der Waals surface area contributed by atoms with Crippen LogP contribution in [0.4, 0.5) is 4.79 Å². The molecule has 9 heteroatoms. The van der Waals surface area contributed by atoms with E-state index in [0.717, 1.165) is 18.4 Å². The lowest BCUT2D eigenvalue weighted by atomic mass is 10.1. The maximum atomic E-state index is 13.2. The number of hydrogen-bond donors (Lipinski definition) is 1. The van der Waals surface area contributed by atoms with Gasteiger partial charge in [-0.15, -0.1) is 4.31 Å². The fourth-order valence-electron chi connectivity index (χ4n) is 3.40. The van der Waals surface area contributed by atoms with Crippen LogP contribution in [-0.2, 0) is 27.6 Å². The number of aryl methyl sites for hydroxylation is 1. The summed E-state index contributed by atoms with van der Waals surface area (Å²) in [6.45, 7) is 6.34. The summed E-state index contributed by atoms with van der Waals surface area (Å²) < 4.78 is 26.3. The van der Waals surface area contributed by atoms with Gasteiger partial charge >= 0.3 is 6.16 Å². The Labute approximate surface area is 172 Å². The third kappa shape index (κ3) is 4.92. The zero-order chi connectivity index (χ0) is 21.1. The van der Waals surface area contributed by atoms with E-state index in [0.29, 0.717) is 28.8 Å². The third-order valence-electron chi connectivity index (χ3n) is 4.84. The molecule has 0 radical (unpaired) electrons. The summed E-state index contributed by atoms with van der Waals surface area (Å²) in [7, 11) is 0. The Kier molecular flexibility index (Phi) is 6.84. The predicted molar refractivity (Wildman–Crippen MR) is 111 cm³/mol. The van der Waals surface area contributed by atoms with Crippen molar-refractivity contribution in [3.63, 3.8) is 0 Å². The van der Waals surface area contributed by atoms with Crippen LogP contribution < -0.4 is 11.3 Å². The van der Waals surface area contributed by atoms with Crippen molar-refractivity contribution in [3.8, 4) is 0 Å². The normalized spacial score (nSPS) is 16.9. The van der Waals surface area contributed by atoms with Gasteiger partial charge in [0.1, 0.15) is 0 Å². The molecular weight excluding hydrogens is 394 g/mol. The van der Waals surface area contributed by atoms with E-state index in [9.17, 15) is 14.1 Å². The SMILES string of the molecule is Cc1cn(COC(=O)OC(C)C)c(=O)c2cccc([S+]([O-])N3CCC(N)CC3)c12. The predicted octanol–water partition coefficient (Wildman–Crippen LogP) is 2.27. The van der Waals surface area contributed by atoms with Crippen LogP contribution in [0.2, 0.25) is 0 Å². The number of carbonyl (C=O) groups is 1. The fraction of sp³-hybridized carbons (Fsp3) is 0.500. The summed E-state index contributed by atoms with van der Waals surface area (Å²) in [6.07, 6.45) is 2.07. The number of carbonyl (C=O) groups excluding carboxylic acids is 1. The Morgan fingerprint density at radius 1 is 1.34 bits per heavy atom. The lowest BCUT2D eigenvalue weighted by Crippen LogP contribution is -2.42. The van der Waals surface area contributed by atoms with Crippen LogP contribution in [0.15, 0.2) is 34.1 Å². The van der Waals surface area contributed by atoms with Gasteiger partial charge in [0.2, 0.25) is 0 Å². The number of rotatable bonds is 5. The van der Waals surface area contributed by atoms with Crippen LogP contribution in [0.3, 0.4) is 0 Å². The minimum atomic E-state index is -1.38. The molecule has 0 spiro atoms. The molecule has 2 heterocycles. The highest BCUT2D eigenvalue weighted by Gasteiger charge is 2.29. The molecule has 1 aromatic carbocycles. The molecule has 0 aliphatic carbocycles. The summed E-state index contributed by atoms with van der Waals surface area (Å²) >= 11 is -1.38. The van der Waals surface area contributed by atoms with E-state index in [2.05, 4.69) is 0 Å². The second-order valence-corrected chi connectivity index (χ2v) is 8.93. The summed E-state index contributed by atoms with van der Waals surface area (Å²) in [6, 6.07) is 5.36. The molecule has 1 saturated heterocycles. The highest BCUT2D eigenvalue weighted by Crippen LogP contribution is 2.28. The lowest BCUT2D eigenvalue weighted by molar-refractivity contribution is 0.0153. The monoisotopic (exact) mass is 421 g/mol. The molecule has 3 rings (SSSR count). The van der Waals surface area contributed by atoms with Gasteiger partial charge in [-0.25, -0.2) is 4.79 Å². The van der Waals surface area contributed by atoms with E-state index >= 15 is 0 Å². The average molecular weight is 422 g/mol. The molecule has 0 saturated carbocycles. The summed E-state index contributed by atoms with van der Waals surface area (Å²) in [5.41, 5.74) is 6.41. The van der Waals surface area contributed by atoms with E-state index < -0.39 is 17.5 Å². The smallest absolute Gasteiger partial charge is 0.510 e. The Balaban J connectivity index is 1.90. The van der Waals surface area contributed by atoms with E-state index in [-0.39, 0.29) is 24.4 Å². The van der Waals surface area contributed by atoms with Gasteiger partial charge in [0.05, 0.1) is 22.9 Å². The number of pyridine rings is 1. The van der Waals surface area contributed by atoms with Gasteiger partial charge < -0.3 is 19.8 Å². The number of ether oxygens (including phenoxy) is 2. The standard InChI is InChI=1S/C20H27N3O5S/c1-13(2)28-20(25)27-12-22-11-14(3)18-16(19(22)24)5-4-6-17(18)29(26)23-9-7-15(21)8-10-23/h4-6,11,13,15H,7-10,12,21H2,1-3H3. The van der Waals surface area contributed by atoms with Crippen LogP contribution in [0, 0.1) is 6.92 Å². The minimum Gasteiger partial charge on any atom is -0.593 e. The van der Waals surface area contributed by atoms with Crippen LogP contribution in [0.1, 0.15) is 32.3 Å². The van der Waals surface area contributed by atoms with Crippen molar-refractivity contribution in [2.75, 3.05) is 13.1 Å². The quantitative estimate of drug-likeness (QED) is 0.582. The van der Waals surface area contributed by atoms with Crippen LogP contribution in [0.25, 0.3) is 10.8 Å². The Morgan fingerprint density at radius 2 is 2.03 bits per heavy atom. The van der Waals surface area contributed by atoms with Gasteiger partial charge in [-0.05, 0) is 51.3 Å². The minimum absolute atomic E-state index is 0.145. The number of nitrogens with zero attached hydrogens (tertiary/aromatic N) is 2. The molecule has 2 N–H and O–H groups in total. The zero-order valence-electron chi connectivity index (χ0n) is 16.9. The highest BCUT2D eigenvalue weighted by molar-refractivity contribution is 7.89. The molecule has 1 unspecified atom stereocenters. The van der Waals surface area contributed by atoms with E-state index in [1.807, 2.05) is 11.2 Å². The molecule has 0 amide bonds. The summed E-state index contributed by atoms with van der Waals surface area (Å²) in [5, 5.41) is 1.11. The zero-order valence-corrected chi connectivity index (χ0v) is 17.7. The van der Waals surface area contributed by atoms with E-state index in [1.54, 1.807) is 38.2 Å². The molecular formula is C20H27N3O5S. The van der Waals surface area contributed by atoms with E-state index in [1.165, 1.54) is 4.57 Å². The maximum Gasteiger partial charge on any atom is 0.510 e. The van der Waals surface area contributed by atoms with Crippen molar-refractivity contribution >= 4 is 28.3 Å². The molecule has 1 aliphatic rings. The Bertz CT molecular complexity index is 938. The topological polar surface area (TPSA) is 110 Å². The number of hydrogen-bond acceptors (Lipinski definition) is 7. The molecule has 1 fully saturated rings. The van der Waals surface area contributed by atoms with Crippen molar-refractivity contribution in [3.05, 3.63) is 40.3 Å². The molecule has 158 valence electrons. The Morgan fingerprint density at radius 3 is 2.69 bits per heavy atom. The van der Waals surface area contributed by atoms with Crippen molar-refractivity contribution < 1.29 is 18.8 Å². The van der Waals surface area contributed by atoms with Gasteiger partial charge in [-0.2, -0.15) is 0 Å². The first-order valence-electron chi connectivity index (χ1n) is 9.66. The number of aromatic nitrogens is 1. The lowest BCUT2D eigenvalue weighted by Gasteiger charge is -2.30. The average Bonchev–Trinajstić information content (AvgIpc) is 2.68. The van der Waals surface area contributed by atoms with Crippen LogP contribution in [-0.4, -0.2) is 44.8 Å². The summed E-state index contributed by atoms with van der Waals surface area (Å²) in [5.74, 6) is 0.